The second-order valence-corrected chi connectivity index (χ2v) is 5.45. The Kier molecular flexibility index (Phi) is 6.67. The maximum Gasteiger partial charge on any atom is 0.106 e. The van der Waals surface area contributed by atoms with Crippen LogP contribution in [0.5, 0.6) is 0 Å². The van der Waals surface area contributed by atoms with Crippen LogP contribution in [0.4, 0.5) is 0 Å². The SMILES string of the molecule is CCCN(CCCC(C#N)(CC)NCC)C1CC1. The van der Waals surface area contributed by atoms with Crippen molar-refractivity contribution in [2.24, 2.45) is 0 Å². The van der Waals surface area contributed by atoms with Crippen LogP contribution in [0.25, 0.3) is 0 Å². The van der Waals surface area contributed by atoms with E-state index in [1.807, 2.05) is 0 Å². The third-order valence-corrected chi connectivity index (χ3v) is 3.96. The summed E-state index contributed by atoms with van der Waals surface area (Å²) >= 11 is 0. The Labute approximate surface area is 113 Å². The summed E-state index contributed by atoms with van der Waals surface area (Å²) < 4.78 is 0. The standard InChI is InChI=1S/C15H29N3/c1-4-11-18(14-8-9-14)12-7-10-15(5-2,13-16)17-6-3/h14,17H,4-12H2,1-3H3. The Balaban J connectivity index is 2.35. The van der Waals surface area contributed by atoms with E-state index in [9.17, 15) is 5.26 Å². The highest BCUT2D eigenvalue weighted by atomic mass is 15.2. The van der Waals surface area contributed by atoms with E-state index in [1.165, 1.54) is 25.8 Å². The maximum atomic E-state index is 9.37. The van der Waals surface area contributed by atoms with Gasteiger partial charge in [0.15, 0.2) is 0 Å². The smallest absolute Gasteiger partial charge is 0.106 e. The molecule has 1 saturated carbocycles. The van der Waals surface area contributed by atoms with E-state index in [0.29, 0.717) is 0 Å². The first kappa shape index (κ1) is 15.5. The van der Waals surface area contributed by atoms with Crippen LogP contribution in [-0.4, -0.2) is 36.1 Å². The van der Waals surface area contributed by atoms with Gasteiger partial charge in [-0.3, -0.25) is 5.32 Å². The number of nitrogens with one attached hydrogen (secondary N) is 1. The lowest BCUT2D eigenvalue weighted by atomic mass is 9.92. The molecule has 0 aromatic carbocycles. The molecule has 104 valence electrons. The largest absolute Gasteiger partial charge is 0.300 e. The van der Waals surface area contributed by atoms with Gasteiger partial charge in [0.05, 0.1) is 6.07 Å². The van der Waals surface area contributed by atoms with Crippen LogP contribution in [0, 0.1) is 11.3 Å². The highest BCUT2D eigenvalue weighted by Gasteiger charge is 2.30. The zero-order chi connectivity index (χ0) is 13.4. The van der Waals surface area contributed by atoms with E-state index in [2.05, 4.69) is 37.1 Å². The Morgan fingerprint density at radius 1 is 1.28 bits per heavy atom. The van der Waals surface area contributed by atoms with Crippen LogP contribution >= 0.6 is 0 Å². The summed E-state index contributed by atoms with van der Waals surface area (Å²) in [5.41, 5.74) is -0.295. The Morgan fingerprint density at radius 3 is 2.44 bits per heavy atom. The summed E-state index contributed by atoms with van der Waals surface area (Å²) in [4.78, 5) is 2.61. The minimum atomic E-state index is -0.295. The van der Waals surface area contributed by atoms with Crippen molar-refractivity contribution in [2.75, 3.05) is 19.6 Å². The summed E-state index contributed by atoms with van der Waals surface area (Å²) in [6, 6.07) is 3.34. The third-order valence-electron chi connectivity index (χ3n) is 3.96. The van der Waals surface area contributed by atoms with Crippen molar-refractivity contribution < 1.29 is 0 Å². The lowest BCUT2D eigenvalue weighted by Gasteiger charge is -2.28. The third kappa shape index (κ3) is 4.59. The van der Waals surface area contributed by atoms with E-state index < -0.39 is 0 Å². The zero-order valence-electron chi connectivity index (χ0n) is 12.3. The van der Waals surface area contributed by atoms with Crippen LogP contribution in [0.2, 0.25) is 0 Å². The summed E-state index contributed by atoms with van der Waals surface area (Å²) in [7, 11) is 0. The van der Waals surface area contributed by atoms with Gasteiger partial charge in [-0.2, -0.15) is 5.26 Å². The van der Waals surface area contributed by atoms with Crippen LogP contribution in [0.15, 0.2) is 0 Å². The van der Waals surface area contributed by atoms with E-state index in [1.54, 1.807) is 0 Å². The summed E-state index contributed by atoms with van der Waals surface area (Å²) in [6.07, 6.45) is 7.00. The monoisotopic (exact) mass is 251 g/mol. The van der Waals surface area contributed by atoms with Gasteiger partial charge < -0.3 is 4.90 Å². The molecule has 0 amide bonds. The van der Waals surface area contributed by atoms with Crippen molar-refractivity contribution >= 4 is 0 Å². The molecular weight excluding hydrogens is 222 g/mol. The molecule has 0 spiro atoms. The molecule has 0 saturated heterocycles. The normalized spacial score (nSPS) is 18.6. The van der Waals surface area contributed by atoms with Gasteiger partial charge in [-0.15, -0.1) is 0 Å². The fraction of sp³-hybridized carbons (Fsp3) is 0.933. The highest BCUT2D eigenvalue weighted by Crippen LogP contribution is 2.27. The molecule has 0 bridgehead atoms. The molecular formula is C15H29N3. The van der Waals surface area contributed by atoms with Crippen molar-refractivity contribution in [1.82, 2.24) is 10.2 Å². The Hall–Kier alpha value is -0.590. The molecule has 0 aromatic rings. The lowest BCUT2D eigenvalue weighted by molar-refractivity contribution is 0.244. The molecule has 1 fully saturated rings. The maximum absolute atomic E-state index is 9.37. The molecule has 0 aromatic heterocycles. The number of hydrogen-bond donors (Lipinski definition) is 1. The van der Waals surface area contributed by atoms with Gasteiger partial charge in [-0.05, 0) is 58.2 Å². The number of hydrogen-bond acceptors (Lipinski definition) is 3. The molecule has 1 rings (SSSR count). The van der Waals surface area contributed by atoms with Gasteiger partial charge >= 0.3 is 0 Å². The summed E-state index contributed by atoms with van der Waals surface area (Å²) in [6.45, 7) is 9.69. The minimum Gasteiger partial charge on any atom is -0.300 e. The lowest BCUT2D eigenvalue weighted by Crippen LogP contribution is -2.44. The molecule has 1 aliphatic carbocycles. The van der Waals surface area contributed by atoms with Gasteiger partial charge in [-0.1, -0.05) is 20.8 Å². The van der Waals surface area contributed by atoms with Crippen molar-refractivity contribution in [3.8, 4) is 6.07 Å². The fourth-order valence-corrected chi connectivity index (χ4v) is 2.69. The van der Waals surface area contributed by atoms with E-state index in [-0.39, 0.29) is 5.54 Å². The molecule has 1 aliphatic rings. The summed E-state index contributed by atoms with van der Waals surface area (Å²) in [5, 5.41) is 12.7. The minimum absolute atomic E-state index is 0.295. The Morgan fingerprint density at radius 2 is 2.00 bits per heavy atom. The molecule has 0 heterocycles. The van der Waals surface area contributed by atoms with Crippen molar-refractivity contribution in [1.29, 1.82) is 5.26 Å². The molecule has 0 aliphatic heterocycles. The predicted molar refractivity (Wildman–Crippen MR) is 76.4 cm³/mol. The molecule has 3 nitrogen and oxygen atoms in total. The molecule has 1 unspecified atom stereocenters. The van der Waals surface area contributed by atoms with Gasteiger partial charge in [-0.25, -0.2) is 0 Å². The Bertz CT molecular complexity index is 267. The van der Waals surface area contributed by atoms with Crippen molar-refractivity contribution in [3.05, 3.63) is 0 Å². The van der Waals surface area contributed by atoms with Crippen LogP contribution in [0.1, 0.15) is 59.3 Å². The first-order chi connectivity index (χ1) is 8.71. The van der Waals surface area contributed by atoms with Crippen LogP contribution in [0.3, 0.4) is 0 Å². The van der Waals surface area contributed by atoms with Crippen molar-refractivity contribution in [3.63, 3.8) is 0 Å². The number of nitriles is 1. The highest BCUT2D eigenvalue weighted by molar-refractivity contribution is 5.06. The average Bonchev–Trinajstić information content (AvgIpc) is 3.21. The van der Waals surface area contributed by atoms with Gasteiger partial charge in [0.25, 0.3) is 0 Å². The second kappa shape index (κ2) is 7.76. The van der Waals surface area contributed by atoms with E-state index in [0.717, 1.165) is 38.4 Å². The van der Waals surface area contributed by atoms with Crippen molar-refractivity contribution in [2.45, 2.75) is 70.9 Å². The predicted octanol–water partition coefficient (Wildman–Crippen LogP) is 2.92. The second-order valence-electron chi connectivity index (χ2n) is 5.45. The quantitative estimate of drug-likeness (QED) is 0.649. The molecule has 1 N–H and O–H groups in total. The number of nitrogens with zero attached hydrogens (tertiary/aromatic N) is 2. The van der Waals surface area contributed by atoms with Gasteiger partial charge in [0.2, 0.25) is 0 Å². The average molecular weight is 251 g/mol. The molecule has 1 atom stereocenters. The fourth-order valence-electron chi connectivity index (χ4n) is 2.69. The van der Waals surface area contributed by atoms with Gasteiger partial charge in [0, 0.05) is 6.04 Å². The van der Waals surface area contributed by atoms with Crippen LogP contribution < -0.4 is 5.32 Å². The van der Waals surface area contributed by atoms with E-state index >= 15 is 0 Å². The molecule has 3 heteroatoms. The first-order valence-corrected chi connectivity index (χ1v) is 7.61. The zero-order valence-corrected chi connectivity index (χ0v) is 12.3. The van der Waals surface area contributed by atoms with E-state index in [4.69, 9.17) is 0 Å². The molecule has 0 radical (unpaired) electrons. The summed E-state index contributed by atoms with van der Waals surface area (Å²) in [5.74, 6) is 0. The van der Waals surface area contributed by atoms with Crippen LogP contribution in [-0.2, 0) is 0 Å². The number of rotatable bonds is 10. The topological polar surface area (TPSA) is 39.1 Å². The first-order valence-electron chi connectivity index (χ1n) is 7.61. The molecule has 18 heavy (non-hydrogen) atoms. The van der Waals surface area contributed by atoms with Gasteiger partial charge in [0.1, 0.15) is 5.54 Å².